The molecule has 5 rings (SSSR count). The Morgan fingerprint density at radius 1 is 1.28 bits per heavy atom. The van der Waals surface area contributed by atoms with Crippen LogP contribution < -0.4 is 25.4 Å². The topological polar surface area (TPSA) is 122 Å². The molecule has 0 aromatic carbocycles. The first-order chi connectivity index (χ1) is 15.5. The number of nitrogens with one attached hydrogen (secondary N) is 3. The van der Waals surface area contributed by atoms with Gasteiger partial charge in [0.2, 0.25) is 5.75 Å². The molecule has 1 spiro atoms. The maximum absolute atomic E-state index is 12.8. The zero-order chi connectivity index (χ0) is 22.3. The molecule has 2 aromatic heterocycles. The summed E-state index contributed by atoms with van der Waals surface area (Å²) in [5.74, 6) is 1.71. The van der Waals surface area contributed by atoms with Gasteiger partial charge >= 0.3 is 5.82 Å². The van der Waals surface area contributed by atoms with Crippen LogP contribution in [0.2, 0.25) is 0 Å². The van der Waals surface area contributed by atoms with Crippen LogP contribution in [0.3, 0.4) is 0 Å². The fraction of sp³-hybridized carbons (Fsp3) is 0.545. The number of pyridine rings is 1. The first-order valence-corrected chi connectivity index (χ1v) is 11.1. The van der Waals surface area contributed by atoms with E-state index < -0.39 is 5.54 Å². The van der Waals surface area contributed by atoms with Gasteiger partial charge in [-0.25, -0.2) is 10.3 Å². The fourth-order valence-electron chi connectivity index (χ4n) is 5.15. The van der Waals surface area contributed by atoms with Gasteiger partial charge in [-0.15, -0.1) is 0 Å². The lowest BCUT2D eigenvalue weighted by atomic mass is 9.79. The van der Waals surface area contributed by atoms with E-state index in [-0.39, 0.29) is 11.9 Å². The Morgan fingerprint density at radius 3 is 2.78 bits per heavy atom. The quantitative estimate of drug-likeness (QED) is 0.411. The molecule has 1 aliphatic carbocycles. The van der Waals surface area contributed by atoms with E-state index in [1.54, 1.807) is 13.2 Å². The maximum atomic E-state index is 12.8. The molecule has 10 nitrogen and oxygen atoms in total. The molecule has 2 aromatic rings. The van der Waals surface area contributed by atoms with Gasteiger partial charge in [0.25, 0.3) is 11.7 Å². The van der Waals surface area contributed by atoms with Gasteiger partial charge in [-0.3, -0.25) is 4.79 Å². The van der Waals surface area contributed by atoms with E-state index in [0.717, 1.165) is 48.8 Å². The highest BCUT2D eigenvalue weighted by atomic mass is 16.5. The van der Waals surface area contributed by atoms with Gasteiger partial charge in [0.15, 0.2) is 11.5 Å². The molecule has 2 aliphatic heterocycles. The van der Waals surface area contributed by atoms with Gasteiger partial charge in [0, 0.05) is 12.7 Å². The summed E-state index contributed by atoms with van der Waals surface area (Å²) in [6.07, 6.45) is 7.10. The third-order valence-electron chi connectivity index (χ3n) is 6.69. The van der Waals surface area contributed by atoms with E-state index in [1.807, 2.05) is 6.92 Å². The Bertz CT molecular complexity index is 1050. The number of fused-ring (bicyclic) bond motifs is 2. The highest BCUT2D eigenvalue weighted by Gasteiger charge is 2.50. The lowest BCUT2D eigenvalue weighted by Crippen LogP contribution is -2.50. The molecule has 2 fully saturated rings. The Labute approximate surface area is 186 Å². The van der Waals surface area contributed by atoms with Crippen LogP contribution in [-0.2, 0) is 10.3 Å². The highest BCUT2D eigenvalue weighted by Crippen LogP contribution is 2.42. The van der Waals surface area contributed by atoms with Crippen molar-refractivity contribution < 1.29 is 24.2 Å². The number of rotatable bonds is 5. The molecule has 0 bridgehead atoms. The van der Waals surface area contributed by atoms with Crippen molar-refractivity contribution in [1.82, 2.24) is 15.3 Å². The third kappa shape index (κ3) is 3.38. The summed E-state index contributed by atoms with van der Waals surface area (Å²) in [6.45, 7) is 3.21. The van der Waals surface area contributed by atoms with Crippen LogP contribution >= 0.6 is 0 Å². The summed E-state index contributed by atoms with van der Waals surface area (Å²) >= 11 is 0. The van der Waals surface area contributed by atoms with E-state index in [1.165, 1.54) is 6.33 Å². The zero-order valence-electron chi connectivity index (χ0n) is 18.4. The molecule has 0 unspecified atom stereocenters. The first kappa shape index (κ1) is 20.7. The number of amides is 1. The smallest absolute Gasteiger partial charge is 0.320 e. The first-order valence-electron chi connectivity index (χ1n) is 11.1. The van der Waals surface area contributed by atoms with E-state index in [4.69, 9.17) is 9.47 Å². The summed E-state index contributed by atoms with van der Waals surface area (Å²) in [5, 5.41) is 20.9. The summed E-state index contributed by atoms with van der Waals surface area (Å²) in [7, 11) is 1.56. The third-order valence-corrected chi connectivity index (χ3v) is 6.69. The fourth-order valence-corrected chi connectivity index (χ4v) is 5.15. The van der Waals surface area contributed by atoms with Crippen molar-refractivity contribution in [3.05, 3.63) is 29.2 Å². The van der Waals surface area contributed by atoms with Gasteiger partial charge in [0.1, 0.15) is 11.9 Å². The van der Waals surface area contributed by atoms with Crippen molar-refractivity contribution in [1.29, 1.82) is 0 Å². The monoisotopic (exact) mass is 441 g/mol. The van der Waals surface area contributed by atoms with Crippen LogP contribution in [0.1, 0.15) is 60.1 Å². The summed E-state index contributed by atoms with van der Waals surface area (Å²) in [6, 6.07) is 1.90. The average molecular weight is 442 g/mol. The molecule has 10 heteroatoms. The van der Waals surface area contributed by atoms with Gasteiger partial charge in [-0.1, -0.05) is 19.3 Å². The second-order valence-corrected chi connectivity index (χ2v) is 8.78. The molecule has 4 heterocycles. The number of hydrogen-bond acceptors (Lipinski definition) is 8. The van der Waals surface area contributed by atoms with Gasteiger partial charge < -0.3 is 25.3 Å². The number of ether oxygens (including phenoxy) is 2. The van der Waals surface area contributed by atoms with Crippen molar-refractivity contribution in [3.8, 4) is 5.75 Å². The Hall–Kier alpha value is -3.14. The van der Waals surface area contributed by atoms with Crippen LogP contribution in [0, 0.1) is 6.92 Å². The van der Waals surface area contributed by atoms with E-state index >= 15 is 0 Å². The van der Waals surface area contributed by atoms with E-state index in [2.05, 4.69) is 25.9 Å². The van der Waals surface area contributed by atoms with Crippen molar-refractivity contribution in [2.75, 3.05) is 31.0 Å². The van der Waals surface area contributed by atoms with Crippen molar-refractivity contribution in [2.45, 2.75) is 57.0 Å². The minimum absolute atomic E-state index is 0.126. The highest BCUT2D eigenvalue weighted by molar-refractivity contribution is 6.00. The molecule has 170 valence electrons. The number of aryl methyl sites for hydroxylation is 1. The van der Waals surface area contributed by atoms with Crippen molar-refractivity contribution >= 4 is 23.4 Å². The number of hydrogen-bond donors (Lipinski definition) is 4. The number of methoxy groups -OCH3 is 1. The van der Waals surface area contributed by atoms with Crippen LogP contribution in [0.4, 0.5) is 17.5 Å². The van der Waals surface area contributed by atoms with Gasteiger partial charge in [0.05, 0.1) is 25.3 Å². The minimum atomic E-state index is -0.535. The van der Waals surface area contributed by atoms with Crippen LogP contribution in [0.5, 0.6) is 5.75 Å². The predicted molar refractivity (Wildman–Crippen MR) is 116 cm³/mol. The molecule has 4 N–H and O–H groups in total. The second kappa shape index (κ2) is 8.09. The van der Waals surface area contributed by atoms with Gasteiger partial charge in [-0.2, -0.15) is 4.98 Å². The molecular formula is C22H29N6O4+. The molecule has 3 aliphatic rings. The molecule has 1 amide bonds. The Balaban J connectivity index is 1.52. The lowest BCUT2D eigenvalue weighted by Gasteiger charge is -2.32. The summed E-state index contributed by atoms with van der Waals surface area (Å²) in [4.78, 5) is 21.4. The molecule has 0 radical (unpaired) electrons. The number of anilines is 3. The SMILES string of the molecule is COc1c(Nc2cc(C)c3c([n+]2O)C2(CCCCC2)NC3=O)ncnc1N[C@H]1CCOC1. The van der Waals surface area contributed by atoms with E-state index in [9.17, 15) is 10.0 Å². The number of carbonyl (C=O) groups excluding carboxylic acids is 1. The number of nitrogens with zero attached hydrogens (tertiary/aromatic N) is 3. The van der Waals surface area contributed by atoms with Gasteiger partial charge in [-0.05, 0) is 36.5 Å². The van der Waals surface area contributed by atoms with Crippen LogP contribution in [-0.4, -0.2) is 47.4 Å². The lowest BCUT2D eigenvalue weighted by molar-refractivity contribution is -0.900. The van der Waals surface area contributed by atoms with Crippen LogP contribution in [0.15, 0.2) is 12.4 Å². The summed E-state index contributed by atoms with van der Waals surface area (Å²) in [5.41, 5.74) is 1.44. The number of carbonyl (C=O) groups is 1. The average Bonchev–Trinajstić information content (AvgIpc) is 3.39. The molecule has 1 saturated heterocycles. The zero-order valence-corrected chi connectivity index (χ0v) is 18.4. The predicted octanol–water partition coefficient (Wildman–Crippen LogP) is 2.17. The van der Waals surface area contributed by atoms with E-state index in [0.29, 0.717) is 47.7 Å². The molecule has 1 atom stereocenters. The van der Waals surface area contributed by atoms with Crippen molar-refractivity contribution in [2.24, 2.45) is 0 Å². The largest absolute Gasteiger partial charge is 0.488 e. The Kier molecular flexibility index (Phi) is 5.24. The molecule has 1 saturated carbocycles. The maximum Gasteiger partial charge on any atom is 0.320 e. The van der Waals surface area contributed by atoms with Crippen LogP contribution in [0.25, 0.3) is 0 Å². The standard InChI is InChI=1S/C22H28N6O4/c1-13-10-15(28(30)18-16(13)21(29)27-22(18)7-4-3-5-8-22)26-20-17(31-2)19(23-12-24-20)25-14-6-9-32-11-14/h10,12,14,30H,3-9,11H2,1-2H3,(H2,23,24,25,27,29)/p+1/t14-/m0/s1. The minimum Gasteiger partial charge on any atom is -0.488 e. The number of aromatic nitrogens is 3. The van der Waals surface area contributed by atoms with Crippen molar-refractivity contribution in [3.63, 3.8) is 0 Å². The Morgan fingerprint density at radius 2 is 2.06 bits per heavy atom. The molecular weight excluding hydrogens is 412 g/mol. The normalized spacial score (nSPS) is 21.3. The summed E-state index contributed by atoms with van der Waals surface area (Å²) < 4.78 is 12.1. The molecule has 32 heavy (non-hydrogen) atoms. The second-order valence-electron chi connectivity index (χ2n) is 8.78.